The van der Waals surface area contributed by atoms with Crippen LogP contribution in [0.3, 0.4) is 0 Å². The lowest BCUT2D eigenvalue weighted by atomic mass is 10.1. The molecule has 0 unspecified atom stereocenters. The largest absolute Gasteiger partial charge is 0.478 e. The van der Waals surface area contributed by atoms with Gasteiger partial charge in [0.1, 0.15) is 5.75 Å². The molecule has 0 saturated carbocycles. The highest BCUT2D eigenvalue weighted by atomic mass is 35.5. The standard InChI is InChI=1S/C22H27ClN2O2/c1-16-15-17-7-4-5-8-20(17)25(16)14-6-13-24-21(26)22(2,3)27-19-11-9-18(23)10-12-19/h4-5,7-12,16H,6,13-15H2,1-3H3,(H,24,26)/t16-/m1/s1. The van der Waals surface area contributed by atoms with Gasteiger partial charge in [-0.25, -0.2) is 0 Å². The van der Waals surface area contributed by atoms with Crippen molar-refractivity contribution in [2.75, 3.05) is 18.0 Å². The van der Waals surface area contributed by atoms with Crippen molar-refractivity contribution in [3.63, 3.8) is 0 Å². The number of para-hydroxylation sites is 1. The molecule has 144 valence electrons. The summed E-state index contributed by atoms with van der Waals surface area (Å²) < 4.78 is 5.83. The summed E-state index contributed by atoms with van der Waals surface area (Å²) in [6, 6.07) is 16.1. The van der Waals surface area contributed by atoms with E-state index in [1.807, 2.05) is 0 Å². The number of hydrogen-bond acceptors (Lipinski definition) is 3. The number of fused-ring (bicyclic) bond motifs is 1. The fourth-order valence-electron chi connectivity index (χ4n) is 3.48. The van der Waals surface area contributed by atoms with E-state index in [9.17, 15) is 4.79 Å². The Morgan fingerprint density at radius 3 is 2.67 bits per heavy atom. The van der Waals surface area contributed by atoms with E-state index in [1.165, 1.54) is 11.3 Å². The minimum absolute atomic E-state index is 0.118. The van der Waals surface area contributed by atoms with Crippen molar-refractivity contribution in [1.29, 1.82) is 0 Å². The highest BCUT2D eigenvalue weighted by Crippen LogP contribution is 2.31. The molecule has 0 aliphatic carbocycles. The van der Waals surface area contributed by atoms with E-state index in [0.717, 1.165) is 19.4 Å². The molecule has 1 atom stereocenters. The highest BCUT2D eigenvalue weighted by molar-refractivity contribution is 6.30. The van der Waals surface area contributed by atoms with Gasteiger partial charge in [-0.1, -0.05) is 29.8 Å². The Morgan fingerprint density at radius 2 is 1.93 bits per heavy atom. The van der Waals surface area contributed by atoms with Crippen LogP contribution in [0.1, 0.15) is 32.8 Å². The van der Waals surface area contributed by atoms with E-state index in [1.54, 1.807) is 38.1 Å². The smallest absolute Gasteiger partial charge is 0.263 e. The van der Waals surface area contributed by atoms with Gasteiger partial charge in [0.05, 0.1) is 0 Å². The van der Waals surface area contributed by atoms with E-state index >= 15 is 0 Å². The van der Waals surface area contributed by atoms with Crippen LogP contribution in [0.2, 0.25) is 5.02 Å². The minimum atomic E-state index is -0.943. The van der Waals surface area contributed by atoms with E-state index in [2.05, 4.69) is 41.4 Å². The third kappa shape index (κ3) is 4.75. The lowest BCUT2D eigenvalue weighted by molar-refractivity contribution is -0.134. The Bertz CT molecular complexity index is 789. The molecule has 1 N–H and O–H groups in total. The van der Waals surface area contributed by atoms with E-state index in [-0.39, 0.29) is 5.91 Å². The molecule has 2 aromatic rings. The Morgan fingerprint density at radius 1 is 1.22 bits per heavy atom. The topological polar surface area (TPSA) is 41.6 Å². The molecule has 0 aromatic heterocycles. The molecule has 1 amide bonds. The van der Waals surface area contributed by atoms with Crippen molar-refractivity contribution in [2.45, 2.75) is 45.3 Å². The maximum Gasteiger partial charge on any atom is 0.263 e. The second-order valence-corrected chi connectivity index (χ2v) is 7.99. The number of nitrogens with one attached hydrogen (secondary N) is 1. The molecule has 0 bridgehead atoms. The maximum absolute atomic E-state index is 12.5. The van der Waals surface area contributed by atoms with Crippen LogP contribution >= 0.6 is 11.6 Å². The van der Waals surface area contributed by atoms with Crippen LogP contribution in [-0.4, -0.2) is 30.6 Å². The summed E-state index contributed by atoms with van der Waals surface area (Å²) in [7, 11) is 0. The summed E-state index contributed by atoms with van der Waals surface area (Å²) in [6.07, 6.45) is 1.98. The molecule has 1 aliphatic heterocycles. The van der Waals surface area contributed by atoms with Crippen LogP contribution in [0.5, 0.6) is 5.75 Å². The summed E-state index contributed by atoms with van der Waals surface area (Å²) in [4.78, 5) is 14.9. The molecule has 4 nitrogen and oxygen atoms in total. The fraction of sp³-hybridized carbons (Fsp3) is 0.409. The van der Waals surface area contributed by atoms with Gasteiger partial charge in [-0.3, -0.25) is 4.79 Å². The number of amides is 1. The van der Waals surface area contributed by atoms with Crippen LogP contribution in [0, 0.1) is 0 Å². The van der Waals surface area contributed by atoms with Gasteiger partial charge in [0.15, 0.2) is 5.60 Å². The van der Waals surface area contributed by atoms with Gasteiger partial charge in [-0.15, -0.1) is 0 Å². The zero-order valence-corrected chi connectivity index (χ0v) is 16.9. The number of nitrogens with zero attached hydrogens (tertiary/aromatic N) is 1. The molecule has 0 fully saturated rings. The van der Waals surface area contributed by atoms with Gasteiger partial charge >= 0.3 is 0 Å². The second-order valence-electron chi connectivity index (χ2n) is 7.55. The lowest BCUT2D eigenvalue weighted by Crippen LogP contribution is -2.47. The number of halogens is 1. The first-order chi connectivity index (χ1) is 12.9. The number of rotatable bonds is 7. The van der Waals surface area contributed by atoms with Crippen LogP contribution in [0.15, 0.2) is 48.5 Å². The Balaban J connectivity index is 1.47. The number of carbonyl (C=O) groups is 1. The fourth-order valence-corrected chi connectivity index (χ4v) is 3.60. The van der Waals surface area contributed by atoms with Gasteiger partial charge in [-0.2, -0.15) is 0 Å². The van der Waals surface area contributed by atoms with Gasteiger partial charge in [-0.05, 0) is 69.5 Å². The summed E-state index contributed by atoms with van der Waals surface area (Å²) in [5, 5.41) is 3.64. The molecule has 0 spiro atoms. The average molecular weight is 387 g/mol. The molecular weight excluding hydrogens is 360 g/mol. The average Bonchev–Trinajstić information content (AvgIpc) is 2.95. The van der Waals surface area contributed by atoms with E-state index < -0.39 is 5.60 Å². The van der Waals surface area contributed by atoms with Crippen molar-refractivity contribution < 1.29 is 9.53 Å². The first-order valence-corrected chi connectivity index (χ1v) is 9.82. The highest BCUT2D eigenvalue weighted by Gasteiger charge is 2.30. The monoisotopic (exact) mass is 386 g/mol. The quantitative estimate of drug-likeness (QED) is 0.714. The molecule has 3 rings (SSSR count). The normalized spacial score (nSPS) is 16.1. The molecule has 2 aromatic carbocycles. The number of ether oxygens (including phenoxy) is 1. The Kier molecular flexibility index (Phi) is 5.95. The molecule has 1 heterocycles. The second kappa shape index (κ2) is 8.22. The summed E-state index contributed by atoms with van der Waals surface area (Å²) in [6.45, 7) is 7.35. The van der Waals surface area contributed by atoms with Gasteiger partial charge in [0.2, 0.25) is 0 Å². The van der Waals surface area contributed by atoms with Crippen molar-refractivity contribution in [1.82, 2.24) is 5.32 Å². The van der Waals surface area contributed by atoms with Crippen molar-refractivity contribution in [3.8, 4) is 5.75 Å². The number of hydrogen-bond donors (Lipinski definition) is 1. The number of benzene rings is 2. The van der Waals surface area contributed by atoms with Gasteiger partial charge in [0, 0.05) is 29.8 Å². The third-order valence-corrected chi connectivity index (χ3v) is 5.20. The van der Waals surface area contributed by atoms with Gasteiger partial charge in [0.25, 0.3) is 5.91 Å². The van der Waals surface area contributed by atoms with Crippen molar-refractivity contribution in [2.24, 2.45) is 0 Å². The summed E-state index contributed by atoms with van der Waals surface area (Å²) in [5.41, 5.74) is 1.79. The first kappa shape index (κ1) is 19.6. The van der Waals surface area contributed by atoms with E-state index in [4.69, 9.17) is 16.3 Å². The maximum atomic E-state index is 12.5. The minimum Gasteiger partial charge on any atom is -0.478 e. The summed E-state index contributed by atoms with van der Waals surface area (Å²) in [5.74, 6) is 0.509. The first-order valence-electron chi connectivity index (χ1n) is 9.44. The molecular formula is C22H27ClN2O2. The number of carbonyl (C=O) groups excluding carboxylic acids is 1. The van der Waals surface area contributed by atoms with Gasteiger partial charge < -0.3 is 15.0 Å². The predicted molar refractivity (Wildman–Crippen MR) is 111 cm³/mol. The van der Waals surface area contributed by atoms with Crippen LogP contribution < -0.4 is 15.0 Å². The molecule has 27 heavy (non-hydrogen) atoms. The van der Waals surface area contributed by atoms with E-state index in [0.29, 0.717) is 23.4 Å². The van der Waals surface area contributed by atoms with Crippen LogP contribution in [-0.2, 0) is 11.2 Å². The summed E-state index contributed by atoms with van der Waals surface area (Å²) >= 11 is 5.89. The van der Waals surface area contributed by atoms with Crippen LogP contribution in [0.25, 0.3) is 0 Å². The van der Waals surface area contributed by atoms with Crippen LogP contribution in [0.4, 0.5) is 5.69 Å². The third-order valence-electron chi connectivity index (χ3n) is 4.94. The lowest BCUT2D eigenvalue weighted by Gasteiger charge is -2.27. The molecule has 5 heteroatoms. The number of anilines is 1. The molecule has 1 aliphatic rings. The zero-order chi connectivity index (χ0) is 19.4. The van der Waals surface area contributed by atoms with Crippen molar-refractivity contribution in [3.05, 3.63) is 59.1 Å². The zero-order valence-electron chi connectivity index (χ0n) is 16.2. The molecule has 0 saturated heterocycles. The SMILES string of the molecule is C[C@@H]1Cc2ccccc2N1CCCNC(=O)C(C)(C)Oc1ccc(Cl)cc1. The molecule has 0 radical (unpaired) electrons. The van der Waals surface area contributed by atoms with Crippen molar-refractivity contribution >= 4 is 23.2 Å². The predicted octanol–water partition coefficient (Wildman–Crippen LogP) is 4.45. The Hall–Kier alpha value is -2.20. The Labute approximate surface area is 166 Å².